The fourth-order valence-electron chi connectivity index (χ4n) is 2.00. The summed E-state index contributed by atoms with van der Waals surface area (Å²) in [5, 5.41) is 7.47. The highest BCUT2D eigenvalue weighted by molar-refractivity contribution is 5.90. The van der Waals surface area contributed by atoms with Crippen LogP contribution in [0.4, 0.5) is 19.3 Å². The van der Waals surface area contributed by atoms with Gasteiger partial charge in [0.1, 0.15) is 6.04 Å². The Morgan fingerprint density at radius 1 is 1.42 bits per heavy atom. The van der Waals surface area contributed by atoms with Crippen LogP contribution in [0.5, 0.6) is 0 Å². The maximum absolute atomic E-state index is 13.3. The molecule has 2 rings (SSSR count). The molecule has 1 atom stereocenters. The van der Waals surface area contributed by atoms with Gasteiger partial charge in [-0.25, -0.2) is 13.6 Å². The second-order valence-electron chi connectivity index (χ2n) is 4.86. The Balaban J connectivity index is 2.00. The van der Waals surface area contributed by atoms with Crippen LogP contribution in [0.3, 0.4) is 0 Å². The zero-order valence-corrected chi connectivity index (χ0v) is 10.9. The van der Waals surface area contributed by atoms with E-state index in [0.29, 0.717) is 5.69 Å². The number of hydrogen-bond acceptors (Lipinski definition) is 2. The number of rotatable bonds is 2. The van der Waals surface area contributed by atoms with Crippen LogP contribution < -0.4 is 16.0 Å². The average Bonchev–Trinajstić information content (AvgIpc) is 2.63. The predicted octanol–water partition coefficient (Wildman–Crippen LogP) is 2.03. The average molecular weight is 269 g/mol. The number of nitrogens with one attached hydrogen (secondary N) is 3. The summed E-state index contributed by atoms with van der Waals surface area (Å²) in [6.07, 6.45) is 0. The van der Waals surface area contributed by atoms with Gasteiger partial charge in [-0.1, -0.05) is 12.1 Å². The molecule has 1 aliphatic heterocycles. The van der Waals surface area contributed by atoms with Crippen molar-refractivity contribution in [3.05, 3.63) is 29.3 Å². The summed E-state index contributed by atoms with van der Waals surface area (Å²) in [7, 11) is 0. The lowest BCUT2D eigenvalue weighted by atomic mass is 10.1. The van der Waals surface area contributed by atoms with Gasteiger partial charge in [0.25, 0.3) is 5.92 Å². The second-order valence-corrected chi connectivity index (χ2v) is 4.86. The summed E-state index contributed by atoms with van der Waals surface area (Å²) in [4.78, 5) is 11.7. The summed E-state index contributed by atoms with van der Waals surface area (Å²) in [5.74, 6) is -2.90. The van der Waals surface area contributed by atoms with Gasteiger partial charge in [0.05, 0.1) is 6.54 Å². The van der Waals surface area contributed by atoms with E-state index < -0.39 is 24.5 Å². The molecule has 0 spiro atoms. The molecule has 1 fully saturated rings. The molecule has 104 valence electrons. The number of halogens is 2. The third-order valence-electron chi connectivity index (χ3n) is 3.17. The van der Waals surface area contributed by atoms with E-state index in [2.05, 4.69) is 16.0 Å². The van der Waals surface area contributed by atoms with E-state index in [1.165, 1.54) is 0 Å². The van der Waals surface area contributed by atoms with Gasteiger partial charge < -0.3 is 16.0 Å². The zero-order chi connectivity index (χ0) is 14.0. The minimum absolute atomic E-state index is 0.0766. The van der Waals surface area contributed by atoms with Crippen LogP contribution in [-0.2, 0) is 0 Å². The Bertz CT molecular complexity index is 491. The van der Waals surface area contributed by atoms with Crippen molar-refractivity contribution >= 4 is 11.7 Å². The molecule has 1 aromatic rings. The van der Waals surface area contributed by atoms with Crippen LogP contribution in [0.2, 0.25) is 0 Å². The summed E-state index contributed by atoms with van der Waals surface area (Å²) in [6, 6.07) is 3.82. The first-order valence-electron chi connectivity index (χ1n) is 6.12. The fraction of sp³-hybridized carbons (Fsp3) is 0.462. The number of carbonyl (C=O) groups is 1. The molecule has 0 saturated carbocycles. The third-order valence-corrected chi connectivity index (χ3v) is 3.17. The Labute approximate surface area is 110 Å². The van der Waals surface area contributed by atoms with Crippen molar-refractivity contribution in [1.82, 2.24) is 10.6 Å². The maximum Gasteiger partial charge on any atom is 0.319 e. The molecule has 1 aromatic carbocycles. The number of amides is 2. The van der Waals surface area contributed by atoms with Crippen molar-refractivity contribution in [3.8, 4) is 0 Å². The SMILES string of the molecule is Cc1ccc(C)c(NC(=O)NC2CNCC2(F)F)c1. The first-order valence-corrected chi connectivity index (χ1v) is 6.12. The molecular formula is C13H17F2N3O. The van der Waals surface area contributed by atoms with Crippen LogP contribution in [0.25, 0.3) is 0 Å². The predicted molar refractivity (Wildman–Crippen MR) is 69.7 cm³/mol. The fourth-order valence-corrected chi connectivity index (χ4v) is 2.00. The molecule has 1 aliphatic rings. The molecule has 4 nitrogen and oxygen atoms in total. The normalized spacial score (nSPS) is 21.2. The van der Waals surface area contributed by atoms with E-state index in [4.69, 9.17) is 0 Å². The topological polar surface area (TPSA) is 53.2 Å². The monoisotopic (exact) mass is 269 g/mol. The van der Waals surface area contributed by atoms with E-state index in [1.54, 1.807) is 6.07 Å². The lowest BCUT2D eigenvalue weighted by molar-refractivity contribution is 0.000541. The second kappa shape index (κ2) is 5.13. The quantitative estimate of drug-likeness (QED) is 0.769. The van der Waals surface area contributed by atoms with Crippen molar-refractivity contribution in [3.63, 3.8) is 0 Å². The van der Waals surface area contributed by atoms with Crippen molar-refractivity contribution in [2.75, 3.05) is 18.4 Å². The number of carbonyl (C=O) groups excluding carboxylic acids is 1. The van der Waals surface area contributed by atoms with Gasteiger partial charge in [0, 0.05) is 12.2 Å². The van der Waals surface area contributed by atoms with Gasteiger partial charge in [-0.05, 0) is 31.0 Å². The van der Waals surface area contributed by atoms with Gasteiger partial charge in [-0.2, -0.15) is 0 Å². The molecule has 1 unspecified atom stereocenters. The standard InChI is InChI=1S/C13H17F2N3O/c1-8-3-4-9(2)10(5-8)17-12(19)18-11-6-16-7-13(11,14)15/h3-5,11,16H,6-7H2,1-2H3,(H2,17,18,19). The Hall–Kier alpha value is -1.69. The summed E-state index contributed by atoms with van der Waals surface area (Å²) in [6.45, 7) is 3.42. The highest BCUT2D eigenvalue weighted by Crippen LogP contribution is 2.22. The molecule has 0 bridgehead atoms. The smallest absolute Gasteiger partial charge is 0.319 e. The van der Waals surface area contributed by atoms with Crippen LogP contribution in [-0.4, -0.2) is 31.1 Å². The van der Waals surface area contributed by atoms with Gasteiger partial charge >= 0.3 is 6.03 Å². The summed E-state index contributed by atoms with van der Waals surface area (Å²) < 4.78 is 26.7. The highest BCUT2D eigenvalue weighted by atomic mass is 19.3. The Morgan fingerprint density at radius 3 is 2.79 bits per heavy atom. The van der Waals surface area contributed by atoms with Crippen LogP contribution >= 0.6 is 0 Å². The molecule has 6 heteroatoms. The van der Waals surface area contributed by atoms with Crippen molar-refractivity contribution < 1.29 is 13.6 Å². The first kappa shape index (κ1) is 13.7. The molecule has 3 N–H and O–H groups in total. The van der Waals surface area contributed by atoms with Gasteiger partial charge in [0.15, 0.2) is 0 Å². The van der Waals surface area contributed by atoms with E-state index in [-0.39, 0.29) is 6.54 Å². The largest absolute Gasteiger partial charge is 0.328 e. The lowest BCUT2D eigenvalue weighted by Gasteiger charge is -2.20. The number of alkyl halides is 2. The maximum atomic E-state index is 13.3. The third kappa shape index (κ3) is 3.20. The Kier molecular flexibility index (Phi) is 3.71. The number of hydrogen-bond donors (Lipinski definition) is 3. The van der Waals surface area contributed by atoms with Crippen molar-refractivity contribution in [2.24, 2.45) is 0 Å². The molecule has 0 aliphatic carbocycles. The van der Waals surface area contributed by atoms with Gasteiger partial charge in [0.2, 0.25) is 0 Å². The van der Waals surface area contributed by atoms with Crippen LogP contribution in [0, 0.1) is 13.8 Å². The number of benzene rings is 1. The highest BCUT2D eigenvalue weighted by Gasteiger charge is 2.44. The Morgan fingerprint density at radius 2 is 2.16 bits per heavy atom. The number of aryl methyl sites for hydroxylation is 2. The van der Waals surface area contributed by atoms with E-state index in [9.17, 15) is 13.6 Å². The van der Waals surface area contributed by atoms with E-state index in [1.807, 2.05) is 26.0 Å². The van der Waals surface area contributed by atoms with E-state index in [0.717, 1.165) is 11.1 Å². The minimum atomic E-state index is -2.90. The number of urea groups is 1. The number of anilines is 1. The molecule has 19 heavy (non-hydrogen) atoms. The molecule has 0 radical (unpaired) electrons. The molecule has 1 heterocycles. The molecule has 1 saturated heterocycles. The summed E-state index contributed by atoms with van der Waals surface area (Å²) in [5.41, 5.74) is 2.51. The molecular weight excluding hydrogens is 252 g/mol. The molecule has 2 amide bonds. The zero-order valence-electron chi connectivity index (χ0n) is 10.9. The van der Waals surface area contributed by atoms with Crippen molar-refractivity contribution in [2.45, 2.75) is 25.8 Å². The van der Waals surface area contributed by atoms with Crippen molar-refractivity contribution in [1.29, 1.82) is 0 Å². The van der Waals surface area contributed by atoms with Crippen LogP contribution in [0.1, 0.15) is 11.1 Å². The van der Waals surface area contributed by atoms with Gasteiger partial charge in [-0.3, -0.25) is 0 Å². The minimum Gasteiger partial charge on any atom is -0.328 e. The van der Waals surface area contributed by atoms with E-state index >= 15 is 0 Å². The first-order chi connectivity index (χ1) is 8.88. The lowest BCUT2D eigenvalue weighted by Crippen LogP contribution is -2.48. The van der Waals surface area contributed by atoms with Crippen LogP contribution in [0.15, 0.2) is 18.2 Å². The van der Waals surface area contributed by atoms with Gasteiger partial charge in [-0.15, -0.1) is 0 Å². The molecule has 0 aromatic heterocycles. The summed E-state index contributed by atoms with van der Waals surface area (Å²) >= 11 is 0.